The van der Waals surface area contributed by atoms with Crippen molar-refractivity contribution in [2.24, 2.45) is 0 Å². The van der Waals surface area contributed by atoms with E-state index in [1.165, 1.54) is 153 Å². The van der Waals surface area contributed by atoms with Crippen LogP contribution in [0, 0.1) is 0 Å². The Morgan fingerprint density at radius 3 is 1.09 bits per heavy atom. The van der Waals surface area contributed by atoms with E-state index in [1.54, 1.807) is 9.75 Å². The molecule has 0 unspecified atom stereocenters. The lowest BCUT2D eigenvalue weighted by molar-refractivity contribution is 0.609. The number of hydrogen-bond acceptors (Lipinski definition) is 2. The number of aryl methyl sites for hydroxylation is 2. The lowest BCUT2D eigenvalue weighted by Crippen LogP contribution is -1.83. The van der Waals surface area contributed by atoms with E-state index >= 15 is 0 Å². The number of fused-ring (bicyclic) bond motifs is 11. The molecule has 7 rings (SSSR count). The maximum Gasteiger partial charge on any atom is 0.0424 e. The first-order valence-corrected chi connectivity index (χ1v) is 19.0. The minimum absolute atomic E-state index is 1.22. The summed E-state index contributed by atoms with van der Waals surface area (Å²) >= 11 is 4.04. The van der Waals surface area contributed by atoms with Gasteiger partial charge in [-0.3, -0.25) is 0 Å². The molecule has 0 fully saturated rings. The lowest BCUT2D eigenvalue weighted by Gasteiger charge is -2.11. The van der Waals surface area contributed by atoms with Crippen molar-refractivity contribution in [3.05, 3.63) is 82.6 Å². The van der Waals surface area contributed by atoms with Crippen molar-refractivity contribution in [3.8, 4) is 0 Å². The van der Waals surface area contributed by atoms with Crippen LogP contribution in [0.15, 0.2) is 72.8 Å². The first kappa shape index (κ1) is 29.8. The second kappa shape index (κ2) is 13.6. The zero-order valence-corrected chi connectivity index (χ0v) is 28.3. The van der Waals surface area contributed by atoms with Crippen LogP contribution in [-0.2, 0) is 12.8 Å². The first-order valence-electron chi connectivity index (χ1n) is 17.4. The van der Waals surface area contributed by atoms with Crippen LogP contribution < -0.4 is 0 Å². The van der Waals surface area contributed by atoms with Gasteiger partial charge in [-0.2, -0.15) is 0 Å². The second-order valence-corrected chi connectivity index (χ2v) is 15.3. The molecule has 0 nitrogen and oxygen atoms in total. The van der Waals surface area contributed by atoms with E-state index in [9.17, 15) is 0 Å². The monoisotopic (exact) mass is 614 g/mol. The molecule has 0 spiro atoms. The molecular formula is C42H46S2. The normalized spacial score (nSPS) is 12.2. The molecule has 0 amide bonds. The van der Waals surface area contributed by atoms with E-state index in [1.807, 2.05) is 22.7 Å². The Morgan fingerprint density at radius 1 is 0.364 bits per heavy atom. The zero-order chi connectivity index (χ0) is 29.9. The predicted molar refractivity (Wildman–Crippen MR) is 201 cm³/mol. The van der Waals surface area contributed by atoms with E-state index in [0.29, 0.717) is 0 Å². The summed E-state index contributed by atoms with van der Waals surface area (Å²) in [4.78, 5) is 3.09. The molecule has 2 heterocycles. The van der Waals surface area contributed by atoms with Crippen molar-refractivity contribution in [2.45, 2.75) is 104 Å². The summed E-state index contributed by atoms with van der Waals surface area (Å²) in [5, 5.41) is 13.9. The molecule has 0 saturated heterocycles. The molecule has 0 aliphatic carbocycles. The minimum Gasteiger partial charge on any atom is -0.140 e. The van der Waals surface area contributed by atoms with Crippen LogP contribution in [-0.4, -0.2) is 0 Å². The largest absolute Gasteiger partial charge is 0.140 e. The van der Waals surface area contributed by atoms with Crippen LogP contribution in [0.1, 0.15) is 101 Å². The zero-order valence-electron chi connectivity index (χ0n) is 26.6. The molecule has 226 valence electrons. The summed E-state index contributed by atoms with van der Waals surface area (Å²) in [5.74, 6) is 0. The predicted octanol–water partition coefficient (Wildman–Crippen LogP) is 14.5. The number of unbranched alkanes of at least 4 members (excludes halogenated alkanes) is 10. The Hall–Kier alpha value is -2.94. The van der Waals surface area contributed by atoms with Gasteiger partial charge in [0.25, 0.3) is 0 Å². The molecule has 0 N–H and O–H groups in total. The van der Waals surface area contributed by atoms with Crippen molar-refractivity contribution in [1.82, 2.24) is 0 Å². The van der Waals surface area contributed by atoms with E-state index in [4.69, 9.17) is 0 Å². The Balaban J connectivity index is 1.18. The summed E-state index contributed by atoms with van der Waals surface area (Å²) in [6.07, 6.45) is 18.8. The van der Waals surface area contributed by atoms with Gasteiger partial charge in [0.15, 0.2) is 0 Å². The Bertz CT molecular complexity index is 1900. The molecule has 0 saturated carbocycles. The number of benzene rings is 5. The van der Waals surface area contributed by atoms with Crippen LogP contribution in [0.3, 0.4) is 0 Å². The van der Waals surface area contributed by atoms with E-state index < -0.39 is 0 Å². The highest BCUT2D eigenvalue weighted by molar-refractivity contribution is 7.20. The van der Waals surface area contributed by atoms with Gasteiger partial charge in [-0.25, -0.2) is 0 Å². The maximum absolute atomic E-state index is 2.45. The summed E-state index contributed by atoms with van der Waals surface area (Å²) < 4.78 is 2.92. The van der Waals surface area contributed by atoms with E-state index in [2.05, 4.69) is 86.6 Å². The lowest BCUT2D eigenvalue weighted by atomic mass is 9.93. The van der Waals surface area contributed by atoms with Gasteiger partial charge in [-0.15, -0.1) is 22.7 Å². The van der Waals surface area contributed by atoms with Gasteiger partial charge in [-0.05, 0) is 80.9 Å². The van der Waals surface area contributed by atoms with Crippen molar-refractivity contribution in [2.75, 3.05) is 0 Å². The highest BCUT2D eigenvalue weighted by Crippen LogP contribution is 2.41. The Kier molecular flexibility index (Phi) is 9.19. The van der Waals surface area contributed by atoms with E-state index in [0.717, 1.165) is 0 Å². The summed E-state index contributed by atoms with van der Waals surface area (Å²) in [5.41, 5.74) is 0. The van der Waals surface area contributed by atoms with Gasteiger partial charge in [0.1, 0.15) is 0 Å². The molecule has 0 aliphatic rings. The summed E-state index contributed by atoms with van der Waals surface area (Å²) in [6.45, 7) is 4.59. The van der Waals surface area contributed by atoms with Crippen LogP contribution in [0.2, 0.25) is 0 Å². The molecule has 2 heteroatoms. The van der Waals surface area contributed by atoms with Crippen molar-refractivity contribution in [3.63, 3.8) is 0 Å². The topological polar surface area (TPSA) is 0 Å². The molecule has 0 atom stereocenters. The van der Waals surface area contributed by atoms with Crippen LogP contribution in [0.4, 0.5) is 0 Å². The van der Waals surface area contributed by atoms with Crippen LogP contribution in [0.5, 0.6) is 0 Å². The fourth-order valence-electron chi connectivity index (χ4n) is 7.36. The highest BCUT2D eigenvalue weighted by atomic mass is 32.1. The molecule has 7 aromatic rings. The first-order chi connectivity index (χ1) is 21.7. The Labute approximate surface area is 271 Å². The SMILES string of the molecule is CCCCCCCCc1cc2ccc3c4ccc5c(ccc6c5ccc5cc(CCCCCCCC)sc56)c4ccc3c2s1. The third-order valence-electron chi connectivity index (χ3n) is 9.81. The van der Waals surface area contributed by atoms with Crippen LogP contribution in [0.25, 0.3) is 63.3 Å². The smallest absolute Gasteiger partial charge is 0.0424 e. The van der Waals surface area contributed by atoms with Crippen LogP contribution >= 0.6 is 22.7 Å². The van der Waals surface area contributed by atoms with Gasteiger partial charge in [-0.1, -0.05) is 139 Å². The van der Waals surface area contributed by atoms with E-state index in [-0.39, 0.29) is 0 Å². The molecular weight excluding hydrogens is 569 g/mol. The molecule has 2 aromatic heterocycles. The van der Waals surface area contributed by atoms with Gasteiger partial charge < -0.3 is 0 Å². The minimum atomic E-state index is 1.22. The maximum atomic E-state index is 2.45. The third kappa shape index (κ3) is 5.88. The number of hydrogen-bond donors (Lipinski definition) is 0. The quantitative estimate of drug-likeness (QED) is 0.0844. The average molecular weight is 615 g/mol. The standard InChI is InChI=1S/C42H46S2/c1-3-5-7-9-11-13-15-31-27-29-17-19-37-35-21-22-36-34(33(35)23-25-39(37)41(29)43-31)24-26-40-38(36)20-18-30-28-32(44-42(30)40)16-14-12-10-8-6-4-2/h17-28H,3-16H2,1-2H3. The molecule has 44 heavy (non-hydrogen) atoms. The van der Waals surface area contributed by atoms with Crippen molar-refractivity contribution < 1.29 is 0 Å². The molecule has 5 aromatic carbocycles. The van der Waals surface area contributed by atoms with Gasteiger partial charge in [0.2, 0.25) is 0 Å². The molecule has 0 bridgehead atoms. The highest BCUT2D eigenvalue weighted by Gasteiger charge is 2.13. The summed E-state index contributed by atoms with van der Waals surface area (Å²) in [6, 6.07) is 28.7. The third-order valence-corrected chi connectivity index (χ3v) is 12.3. The van der Waals surface area contributed by atoms with Crippen molar-refractivity contribution >= 4 is 85.9 Å². The fourth-order valence-corrected chi connectivity index (χ4v) is 9.82. The van der Waals surface area contributed by atoms with Crippen molar-refractivity contribution in [1.29, 1.82) is 0 Å². The molecule has 0 radical (unpaired) electrons. The Morgan fingerprint density at radius 2 is 0.682 bits per heavy atom. The van der Waals surface area contributed by atoms with Gasteiger partial charge in [0, 0.05) is 29.9 Å². The second-order valence-electron chi connectivity index (χ2n) is 13.0. The van der Waals surface area contributed by atoms with Gasteiger partial charge >= 0.3 is 0 Å². The summed E-state index contributed by atoms with van der Waals surface area (Å²) in [7, 11) is 0. The number of rotatable bonds is 14. The average Bonchev–Trinajstić information content (AvgIpc) is 3.67. The molecule has 0 aliphatic heterocycles. The number of thiophene rings is 2. The van der Waals surface area contributed by atoms with Gasteiger partial charge in [0.05, 0.1) is 0 Å². The fraction of sp³-hybridized carbons (Fsp3) is 0.381.